The van der Waals surface area contributed by atoms with Crippen molar-refractivity contribution in [1.29, 1.82) is 0 Å². The molecule has 0 saturated heterocycles. The Morgan fingerprint density at radius 3 is 2.65 bits per heavy atom. The average molecular weight is 227 g/mol. The van der Waals surface area contributed by atoms with Gasteiger partial charge in [-0.05, 0) is 30.5 Å². The number of aromatic nitrogens is 1. The zero-order valence-electron chi connectivity index (χ0n) is 9.89. The fourth-order valence-electron chi connectivity index (χ4n) is 2.92. The molecular formula is C15H17NO. The molecule has 1 heterocycles. The Hall–Kier alpha value is -1.41. The molecule has 1 saturated carbocycles. The van der Waals surface area contributed by atoms with Crippen LogP contribution in [-0.2, 0) is 5.60 Å². The molecule has 0 aliphatic heterocycles. The van der Waals surface area contributed by atoms with Crippen LogP contribution in [-0.4, -0.2) is 10.1 Å². The summed E-state index contributed by atoms with van der Waals surface area (Å²) in [5.74, 6) is 0. The van der Waals surface area contributed by atoms with Crippen molar-refractivity contribution in [1.82, 2.24) is 4.98 Å². The van der Waals surface area contributed by atoms with Gasteiger partial charge in [-0.1, -0.05) is 37.5 Å². The highest BCUT2D eigenvalue weighted by atomic mass is 16.3. The van der Waals surface area contributed by atoms with E-state index in [4.69, 9.17) is 0 Å². The van der Waals surface area contributed by atoms with Gasteiger partial charge in [0, 0.05) is 11.6 Å². The van der Waals surface area contributed by atoms with E-state index in [9.17, 15) is 5.11 Å². The predicted molar refractivity (Wildman–Crippen MR) is 68.7 cm³/mol. The second-order valence-corrected chi connectivity index (χ2v) is 4.97. The van der Waals surface area contributed by atoms with Crippen LogP contribution >= 0.6 is 0 Å². The number of fused-ring (bicyclic) bond motifs is 1. The van der Waals surface area contributed by atoms with Crippen molar-refractivity contribution in [3.8, 4) is 0 Å². The number of nitrogens with zero attached hydrogens (tertiary/aromatic N) is 1. The summed E-state index contributed by atoms with van der Waals surface area (Å²) in [4.78, 5) is 4.36. The van der Waals surface area contributed by atoms with E-state index in [1.54, 1.807) is 6.20 Å². The van der Waals surface area contributed by atoms with Crippen molar-refractivity contribution in [2.24, 2.45) is 0 Å². The number of benzene rings is 1. The Balaban J connectivity index is 2.16. The van der Waals surface area contributed by atoms with Crippen LogP contribution in [0.1, 0.15) is 37.7 Å². The molecule has 3 rings (SSSR count). The molecule has 0 spiro atoms. The zero-order chi connectivity index (χ0) is 11.7. The minimum Gasteiger partial charge on any atom is -0.385 e. The van der Waals surface area contributed by atoms with Crippen LogP contribution < -0.4 is 0 Å². The van der Waals surface area contributed by atoms with Gasteiger partial charge < -0.3 is 5.11 Å². The molecule has 1 N–H and O–H groups in total. The quantitative estimate of drug-likeness (QED) is 0.810. The lowest BCUT2D eigenvalue weighted by molar-refractivity contribution is 0.000753. The van der Waals surface area contributed by atoms with Gasteiger partial charge in [-0.3, -0.25) is 4.98 Å². The summed E-state index contributed by atoms with van der Waals surface area (Å²) in [5, 5.41) is 11.9. The maximum absolute atomic E-state index is 10.8. The summed E-state index contributed by atoms with van der Waals surface area (Å²) < 4.78 is 0. The Labute approximate surface area is 101 Å². The van der Waals surface area contributed by atoms with Gasteiger partial charge in [0.15, 0.2) is 0 Å². The first-order valence-corrected chi connectivity index (χ1v) is 6.36. The molecule has 1 aromatic heterocycles. The molecule has 1 aliphatic rings. The third kappa shape index (κ3) is 1.83. The first-order chi connectivity index (χ1) is 8.30. The summed E-state index contributed by atoms with van der Waals surface area (Å²) in [5.41, 5.74) is 1.40. The maximum Gasteiger partial charge on any atom is 0.0903 e. The maximum atomic E-state index is 10.8. The average Bonchev–Trinajstić information content (AvgIpc) is 2.39. The van der Waals surface area contributed by atoms with Gasteiger partial charge in [0.2, 0.25) is 0 Å². The summed E-state index contributed by atoms with van der Waals surface area (Å²) in [6, 6.07) is 10.1. The topological polar surface area (TPSA) is 33.1 Å². The number of hydrogen-bond acceptors (Lipinski definition) is 2. The van der Waals surface area contributed by atoms with E-state index in [-0.39, 0.29) is 0 Å². The van der Waals surface area contributed by atoms with Gasteiger partial charge in [-0.25, -0.2) is 0 Å². The highest BCUT2D eigenvalue weighted by Crippen LogP contribution is 2.39. The van der Waals surface area contributed by atoms with E-state index >= 15 is 0 Å². The van der Waals surface area contributed by atoms with Crippen LogP contribution in [0.2, 0.25) is 0 Å². The molecule has 0 radical (unpaired) electrons. The van der Waals surface area contributed by atoms with Gasteiger partial charge in [0.25, 0.3) is 0 Å². The third-order valence-corrected chi connectivity index (χ3v) is 3.83. The third-order valence-electron chi connectivity index (χ3n) is 3.83. The standard InChI is InChI=1S/C15H17NO/c17-15(9-2-1-3-10-15)13-7-4-8-14-12(13)6-5-11-16-14/h4-8,11,17H,1-3,9-10H2. The number of rotatable bonds is 1. The molecule has 88 valence electrons. The number of hydrogen-bond donors (Lipinski definition) is 1. The lowest BCUT2D eigenvalue weighted by Gasteiger charge is -2.33. The van der Waals surface area contributed by atoms with E-state index < -0.39 is 5.60 Å². The van der Waals surface area contributed by atoms with Crippen molar-refractivity contribution in [2.75, 3.05) is 0 Å². The first kappa shape index (κ1) is 10.7. The van der Waals surface area contributed by atoms with Crippen molar-refractivity contribution < 1.29 is 5.11 Å². The molecule has 0 unspecified atom stereocenters. The van der Waals surface area contributed by atoms with Crippen LogP contribution in [0.4, 0.5) is 0 Å². The van der Waals surface area contributed by atoms with Crippen molar-refractivity contribution in [2.45, 2.75) is 37.7 Å². The normalized spacial score (nSPS) is 19.4. The summed E-state index contributed by atoms with van der Waals surface area (Å²) >= 11 is 0. The van der Waals surface area contributed by atoms with E-state index in [2.05, 4.69) is 17.1 Å². The van der Waals surface area contributed by atoms with Gasteiger partial charge in [-0.15, -0.1) is 0 Å². The predicted octanol–water partition coefficient (Wildman–Crippen LogP) is 3.39. The molecule has 0 amide bonds. The molecular weight excluding hydrogens is 210 g/mol. The summed E-state index contributed by atoms with van der Waals surface area (Å²) in [7, 11) is 0. The van der Waals surface area contributed by atoms with Crippen LogP contribution in [0, 0.1) is 0 Å². The largest absolute Gasteiger partial charge is 0.385 e. The van der Waals surface area contributed by atoms with E-state index in [0.717, 1.165) is 42.1 Å². The molecule has 0 atom stereocenters. The number of pyridine rings is 1. The van der Waals surface area contributed by atoms with E-state index in [1.165, 1.54) is 6.42 Å². The van der Waals surface area contributed by atoms with E-state index in [0.29, 0.717) is 0 Å². The van der Waals surface area contributed by atoms with Gasteiger partial charge in [-0.2, -0.15) is 0 Å². The fourth-order valence-corrected chi connectivity index (χ4v) is 2.92. The van der Waals surface area contributed by atoms with E-state index in [1.807, 2.05) is 18.2 Å². The molecule has 2 aromatic rings. The Kier molecular flexibility index (Phi) is 2.60. The highest BCUT2D eigenvalue weighted by molar-refractivity contribution is 5.82. The number of aliphatic hydroxyl groups is 1. The lowest BCUT2D eigenvalue weighted by atomic mass is 9.78. The Morgan fingerprint density at radius 1 is 1.00 bits per heavy atom. The van der Waals surface area contributed by atoms with Crippen molar-refractivity contribution in [3.05, 3.63) is 42.1 Å². The molecule has 2 heteroatoms. The van der Waals surface area contributed by atoms with Gasteiger partial charge >= 0.3 is 0 Å². The molecule has 1 aromatic carbocycles. The van der Waals surface area contributed by atoms with Gasteiger partial charge in [0.1, 0.15) is 0 Å². The monoisotopic (exact) mass is 227 g/mol. The fraction of sp³-hybridized carbons (Fsp3) is 0.400. The second-order valence-electron chi connectivity index (χ2n) is 4.97. The van der Waals surface area contributed by atoms with Crippen LogP contribution in [0.3, 0.4) is 0 Å². The lowest BCUT2D eigenvalue weighted by Crippen LogP contribution is -2.28. The van der Waals surface area contributed by atoms with Crippen molar-refractivity contribution >= 4 is 10.9 Å². The summed E-state index contributed by atoms with van der Waals surface area (Å²) in [6.07, 6.45) is 7.03. The minimum atomic E-state index is -0.638. The van der Waals surface area contributed by atoms with Crippen LogP contribution in [0.15, 0.2) is 36.5 Å². The SMILES string of the molecule is OC1(c2cccc3ncccc23)CCCCC1. The Morgan fingerprint density at radius 2 is 1.82 bits per heavy atom. The molecule has 1 fully saturated rings. The van der Waals surface area contributed by atoms with Gasteiger partial charge in [0.05, 0.1) is 11.1 Å². The minimum absolute atomic E-state index is 0.638. The molecule has 17 heavy (non-hydrogen) atoms. The van der Waals surface area contributed by atoms with Crippen LogP contribution in [0.5, 0.6) is 0 Å². The Bertz CT molecular complexity index is 524. The summed E-state index contributed by atoms with van der Waals surface area (Å²) in [6.45, 7) is 0. The highest BCUT2D eigenvalue weighted by Gasteiger charge is 2.32. The molecule has 0 bridgehead atoms. The second kappa shape index (κ2) is 4.11. The van der Waals surface area contributed by atoms with Crippen LogP contribution in [0.25, 0.3) is 10.9 Å². The first-order valence-electron chi connectivity index (χ1n) is 6.36. The molecule has 1 aliphatic carbocycles. The van der Waals surface area contributed by atoms with Crippen molar-refractivity contribution in [3.63, 3.8) is 0 Å². The smallest absolute Gasteiger partial charge is 0.0903 e. The zero-order valence-corrected chi connectivity index (χ0v) is 9.89. The molecule has 2 nitrogen and oxygen atoms in total.